The zero-order valence-electron chi connectivity index (χ0n) is 8.42. The number of hydrogen-bond acceptors (Lipinski definition) is 2. The zero-order chi connectivity index (χ0) is 11.8. The minimum absolute atomic E-state index is 0.104. The second-order valence-electron chi connectivity index (χ2n) is 3.77. The highest BCUT2D eigenvalue weighted by atomic mass is 19.4. The maximum absolute atomic E-state index is 12.3. The molecule has 88 valence electrons. The van der Waals surface area contributed by atoms with E-state index >= 15 is 0 Å². The largest absolute Gasteiger partial charge is 0.418 e. The lowest BCUT2D eigenvalue weighted by atomic mass is 9.98. The van der Waals surface area contributed by atoms with Crippen molar-refractivity contribution in [3.63, 3.8) is 0 Å². The first-order valence-corrected chi connectivity index (χ1v) is 4.92. The van der Waals surface area contributed by atoms with Crippen LogP contribution in [0.25, 0.3) is 0 Å². The van der Waals surface area contributed by atoms with Gasteiger partial charge in [0.25, 0.3) is 0 Å². The Bertz CT molecular complexity index is 387. The van der Waals surface area contributed by atoms with E-state index in [1.165, 1.54) is 12.1 Å². The molecule has 2 nitrogen and oxygen atoms in total. The summed E-state index contributed by atoms with van der Waals surface area (Å²) in [5.74, 6) is 0. The number of ether oxygens (including phenoxy) is 1. The first kappa shape index (κ1) is 11.4. The topological polar surface area (TPSA) is 29.5 Å². The van der Waals surface area contributed by atoms with Crippen molar-refractivity contribution in [3.8, 4) is 0 Å². The molecule has 16 heavy (non-hydrogen) atoms. The highest BCUT2D eigenvalue weighted by Crippen LogP contribution is 2.33. The summed E-state index contributed by atoms with van der Waals surface area (Å²) in [5, 5.41) is 9.10. The Balaban J connectivity index is 2.30. The van der Waals surface area contributed by atoms with E-state index in [0.29, 0.717) is 19.6 Å². The van der Waals surface area contributed by atoms with Gasteiger partial charge in [0.15, 0.2) is 6.10 Å². The van der Waals surface area contributed by atoms with Crippen LogP contribution in [0.15, 0.2) is 18.2 Å². The Morgan fingerprint density at radius 2 is 2.00 bits per heavy atom. The molecule has 0 spiro atoms. The molecule has 0 radical (unpaired) electrons. The molecule has 1 unspecified atom stereocenters. The van der Waals surface area contributed by atoms with E-state index in [9.17, 15) is 13.2 Å². The molecule has 5 heteroatoms. The molecule has 0 saturated carbocycles. The Kier molecular flexibility index (Phi) is 2.90. The molecule has 2 rings (SSSR count). The van der Waals surface area contributed by atoms with Crippen molar-refractivity contribution in [2.75, 3.05) is 6.61 Å². The lowest BCUT2D eigenvalue weighted by molar-refractivity contribution is -0.206. The van der Waals surface area contributed by atoms with Crippen LogP contribution in [0.2, 0.25) is 0 Å². The molecule has 1 atom stereocenters. The van der Waals surface area contributed by atoms with E-state index in [2.05, 4.69) is 0 Å². The van der Waals surface area contributed by atoms with Crippen LogP contribution >= 0.6 is 0 Å². The van der Waals surface area contributed by atoms with E-state index in [4.69, 9.17) is 9.84 Å². The predicted molar refractivity (Wildman–Crippen MR) is 50.8 cm³/mol. The van der Waals surface area contributed by atoms with Crippen molar-refractivity contribution in [1.82, 2.24) is 0 Å². The van der Waals surface area contributed by atoms with Gasteiger partial charge in [-0.25, -0.2) is 0 Å². The maximum Gasteiger partial charge on any atom is 0.418 e. The smallest absolute Gasteiger partial charge is 0.379 e. The zero-order valence-corrected chi connectivity index (χ0v) is 8.42. The molecular weight excluding hydrogens is 221 g/mol. The third-order valence-electron chi connectivity index (χ3n) is 2.63. The molecule has 1 aromatic rings. The fraction of sp³-hybridized carbons (Fsp3) is 0.455. The predicted octanol–water partition coefficient (Wildman–Crippen LogP) is 2.36. The van der Waals surface area contributed by atoms with Gasteiger partial charge in [-0.05, 0) is 23.1 Å². The van der Waals surface area contributed by atoms with Crippen LogP contribution in [0.1, 0.15) is 22.8 Å². The van der Waals surface area contributed by atoms with Gasteiger partial charge >= 0.3 is 6.18 Å². The number of aliphatic hydroxyl groups is 1. The molecule has 0 amide bonds. The van der Waals surface area contributed by atoms with Crippen molar-refractivity contribution in [3.05, 3.63) is 34.9 Å². The molecule has 1 heterocycles. The van der Waals surface area contributed by atoms with Gasteiger partial charge in [-0.2, -0.15) is 13.2 Å². The van der Waals surface area contributed by atoms with Gasteiger partial charge in [0.05, 0.1) is 13.2 Å². The number of hydrogen-bond donors (Lipinski definition) is 1. The van der Waals surface area contributed by atoms with E-state index < -0.39 is 12.3 Å². The Labute approximate surface area is 90.7 Å². The Hall–Kier alpha value is -1.07. The summed E-state index contributed by atoms with van der Waals surface area (Å²) in [5.41, 5.74) is 1.62. The van der Waals surface area contributed by atoms with Crippen LogP contribution in [0, 0.1) is 0 Å². The van der Waals surface area contributed by atoms with Crippen LogP contribution < -0.4 is 0 Å². The van der Waals surface area contributed by atoms with Crippen molar-refractivity contribution >= 4 is 0 Å². The molecular formula is C11H11F3O2. The van der Waals surface area contributed by atoms with Crippen LogP contribution in [0.5, 0.6) is 0 Å². The second kappa shape index (κ2) is 4.07. The van der Waals surface area contributed by atoms with Crippen LogP contribution in [-0.2, 0) is 17.8 Å². The average molecular weight is 232 g/mol. The molecule has 0 bridgehead atoms. The summed E-state index contributed by atoms with van der Waals surface area (Å²) in [6, 6.07) is 4.29. The summed E-state index contributed by atoms with van der Waals surface area (Å²) in [6.45, 7) is 0.941. The summed E-state index contributed by atoms with van der Waals surface area (Å²) in [7, 11) is 0. The number of rotatable bonds is 1. The first-order chi connectivity index (χ1) is 7.48. The van der Waals surface area contributed by atoms with Gasteiger partial charge in [0.1, 0.15) is 0 Å². The average Bonchev–Trinajstić information content (AvgIpc) is 2.26. The van der Waals surface area contributed by atoms with E-state index in [1.807, 2.05) is 0 Å². The highest BCUT2D eigenvalue weighted by molar-refractivity contribution is 5.34. The normalized spacial score (nSPS) is 18.0. The third-order valence-corrected chi connectivity index (χ3v) is 2.63. The SMILES string of the molecule is OC(c1ccc2c(c1)CCOC2)C(F)(F)F. The lowest BCUT2D eigenvalue weighted by Gasteiger charge is -2.20. The second-order valence-corrected chi connectivity index (χ2v) is 3.77. The van der Waals surface area contributed by atoms with Crippen molar-refractivity contribution in [1.29, 1.82) is 0 Å². The third kappa shape index (κ3) is 2.20. The molecule has 0 saturated heterocycles. The monoisotopic (exact) mass is 232 g/mol. The standard InChI is InChI=1S/C11H11F3O2/c12-11(13,14)10(15)8-1-2-9-6-16-4-3-7(9)5-8/h1-2,5,10,15H,3-4,6H2. The van der Waals surface area contributed by atoms with Gasteiger partial charge in [-0.1, -0.05) is 18.2 Å². The van der Waals surface area contributed by atoms with Crippen molar-refractivity contribution in [2.45, 2.75) is 25.3 Å². The minimum Gasteiger partial charge on any atom is -0.379 e. The Morgan fingerprint density at radius 1 is 1.25 bits per heavy atom. The highest BCUT2D eigenvalue weighted by Gasteiger charge is 2.39. The van der Waals surface area contributed by atoms with E-state index in [0.717, 1.165) is 11.1 Å². The van der Waals surface area contributed by atoms with Crippen LogP contribution in [0.3, 0.4) is 0 Å². The van der Waals surface area contributed by atoms with Gasteiger partial charge in [0.2, 0.25) is 0 Å². The summed E-state index contributed by atoms with van der Waals surface area (Å²) >= 11 is 0. The number of benzene rings is 1. The molecule has 0 aliphatic carbocycles. The van der Waals surface area contributed by atoms with Crippen LogP contribution in [-0.4, -0.2) is 17.9 Å². The molecule has 1 aliphatic rings. The van der Waals surface area contributed by atoms with Crippen LogP contribution in [0.4, 0.5) is 13.2 Å². The maximum atomic E-state index is 12.3. The molecule has 0 aromatic heterocycles. The summed E-state index contributed by atoms with van der Waals surface area (Å²) in [6.07, 6.45) is -6.42. The lowest BCUT2D eigenvalue weighted by Crippen LogP contribution is -2.21. The Morgan fingerprint density at radius 3 is 2.69 bits per heavy atom. The number of alkyl halides is 3. The van der Waals surface area contributed by atoms with Gasteiger partial charge in [-0.15, -0.1) is 0 Å². The van der Waals surface area contributed by atoms with Gasteiger partial charge in [-0.3, -0.25) is 0 Å². The molecule has 1 N–H and O–H groups in total. The number of aliphatic hydroxyl groups excluding tert-OH is 1. The fourth-order valence-corrected chi connectivity index (χ4v) is 1.74. The quantitative estimate of drug-likeness (QED) is 0.805. The fourth-order valence-electron chi connectivity index (χ4n) is 1.74. The van der Waals surface area contributed by atoms with Crippen molar-refractivity contribution in [2.24, 2.45) is 0 Å². The van der Waals surface area contributed by atoms with Crippen molar-refractivity contribution < 1.29 is 23.0 Å². The summed E-state index contributed by atoms with van der Waals surface area (Å²) in [4.78, 5) is 0. The van der Waals surface area contributed by atoms with Gasteiger partial charge in [0, 0.05) is 0 Å². The first-order valence-electron chi connectivity index (χ1n) is 4.92. The number of halogens is 3. The van der Waals surface area contributed by atoms with E-state index in [1.54, 1.807) is 6.07 Å². The van der Waals surface area contributed by atoms with Gasteiger partial charge < -0.3 is 9.84 Å². The molecule has 0 fully saturated rings. The molecule has 1 aliphatic heterocycles. The molecule has 1 aromatic carbocycles. The number of fused-ring (bicyclic) bond motifs is 1. The summed E-state index contributed by atoms with van der Waals surface area (Å²) < 4.78 is 42.1. The minimum atomic E-state index is -4.61. The van der Waals surface area contributed by atoms with E-state index in [-0.39, 0.29) is 5.56 Å².